The molecule has 4 nitrogen and oxygen atoms in total. The minimum Gasteiger partial charge on any atom is -0.365 e. The molecular weight excluding hydrogens is 327 g/mol. The predicted molar refractivity (Wildman–Crippen MR) is 92.8 cm³/mol. The van der Waals surface area contributed by atoms with Crippen LogP contribution in [0.5, 0.6) is 0 Å². The fourth-order valence-electron chi connectivity index (χ4n) is 3.09. The van der Waals surface area contributed by atoms with Crippen LogP contribution in [0.1, 0.15) is 39.7 Å². The molecule has 0 saturated heterocycles. The first-order chi connectivity index (χ1) is 11.5. The lowest BCUT2D eigenvalue weighted by atomic mass is 9.88. The standard InChI is InChI=1S/C18H19FN2O2S/c1-10-6-7-12-14(8-10)24-18(16(12)17(20)23)21-15(22)9-11-4-2-3-5-13(11)19/h2-5,10H,6-9H2,1H3,(H2,20,23)(H,21,22)/t10-/m0/s1. The van der Waals surface area contributed by atoms with Crippen LogP contribution < -0.4 is 11.1 Å². The van der Waals surface area contributed by atoms with E-state index in [1.54, 1.807) is 18.2 Å². The molecule has 0 fully saturated rings. The minimum absolute atomic E-state index is 0.0795. The molecule has 126 valence electrons. The second-order valence-electron chi connectivity index (χ2n) is 6.24. The second-order valence-corrected chi connectivity index (χ2v) is 7.34. The maximum atomic E-state index is 13.7. The van der Waals surface area contributed by atoms with Gasteiger partial charge in [-0.3, -0.25) is 9.59 Å². The summed E-state index contributed by atoms with van der Waals surface area (Å²) in [6.07, 6.45) is 2.62. The molecule has 6 heteroatoms. The maximum Gasteiger partial charge on any atom is 0.251 e. The van der Waals surface area contributed by atoms with Gasteiger partial charge in [0.2, 0.25) is 5.91 Å². The molecule has 1 aromatic heterocycles. The molecule has 0 bridgehead atoms. The Kier molecular flexibility index (Phi) is 4.66. The number of amides is 2. The summed E-state index contributed by atoms with van der Waals surface area (Å²) in [5, 5.41) is 3.24. The fraction of sp³-hybridized carbons (Fsp3) is 0.333. The molecule has 2 aromatic rings. The largest absolute Gasteiger partial charge is 0.365 e. The Balaban J connectivity index is 1.83. The van der Waals surface area contributed by atoms with Crippen molar-refractivity contribution < 1.29 is 14.0 Å². The van der Waals surface area contributed by atoms with Crippen LogP contribution in [0.3, 0.4) is 0 Å². The zero-order chi connectivity index (χ0) is 17.3. The zero-order valence-electron chi connectivity index (χ0n) is 13.4. The monoisotopic (exact) mass is 346 g/mol. The van der Waals surface area contributed by atoms with Crippen LogP contribution >= 0.6 is 11.3 Å². The van der Waals surface area contributed by atoms with Crippen molar-refractivity contribution in [2.75, 3.05) is 5.32 Å². The van der Waals surface area contributed by atoms with E-state index in [0.29, 0.717) is 22.0 Å². The van der Waals surface area contributed by atoms with Gasteiger partial charge in [-0.15, -0.1) is 11.3 Å². The number of halogens is 1. The van der Waals surface area contributed by atoms with Crippen molar-refractivity contribution in [2.24, 2.45) is 11.7 Å². The van der Waals surface area contributed by atoms with Crippen LogP contribution in [0.25, 0.3) is 0 Å². The number of benzene rings is 1. The fourth-order valence-corrected chi connectivity index (χ4v) is 4.52. The number of anilines is 1. The van der Waals surface area contributed by atoms with Crippen LogP contribution in [-0.2, 0) is 24.1 Å². The first kappa shape index (κ1) is 16.6. The minimum atomic E-state index is -0.525. The average Bonchev–Trinajstić information content (AvgIpc) is 2.86. The molecule has 1 aliphatic carbocycles. The number of thiophene rings is 1. The van der Waals surface area contributed by atoms with E-state index in [2.05, 4.69) is 12.2 Å². The quantitative estimate of drug-likeness (QED) is 0.892. The summed E-state index contributed by atoms with van der Waals surface area (Å²) in [7, 11) is 0. The summed E-state index contributed by atoms with van der Waals surface area (Å²) in [6, 6.07) is 6.16. The molecule has 1 aromatic carbocycles. The molecule has 0 spiro atoms. The molecule has 24 heavy (non-hydrogen) atoms. The van der Waals surface area contributed by atoms with E-state index in [0.717, 1.165) is 29.7 Å². The highest BCUT2D eigenvalue weighted by Gasteiger charge is 2.27. The molecule has 0 aliphatic heterocycles. The summed E-state index contributed by atoms with van der Waals surface area (Å²) in [5.74, 6) is -0.738. The number of carbonyl (C=O) groups excluding carboxylic acids is 2. The Bertz CT molecular complexity index is 800. The lowest BCUT2D eigenvalue weighted by Crippen LogP contribution is -2.20. The Morgan fingerprint density at radius 3 is 2.83 bits per heavy atom. The van der Waals surface area contributed by atoms with Gasteiger partial charge in [0.05, 0.1) is 12.0 Å². The van der Waals surface area contributed by atoms with Gasteiger partial charge in [-0.1, -0.05) is 25.1 Å². The number of nitrogens with two attached hydrogens (primary N) is 1. The van der Waals surface area contributed by atoms with Crippen molar-refractivity contribution in [1.82, 2.24) is 0 Å². The summed E-state index contributed by atoms with van der Waals surface area (Å²) < 4.78 is 13.7. The third kappa shape index (κ3) is 3.33. The number of rotatable bonds is 4. The summed E-state index contributed by atoms with van der Waals surface area (Å²) >= 11 is 1.41. The number of nitrogens with one attached hydrogen (secondary N) is 1. The van der Waals surface area contributed by atoms with E-state index < -0.39 is 11.7 Å². The molecule has 3 rings (SSSR count). The Morgan fingerprint density at radius 1 is 1.38 bits per heavy atom. The van der Waals surface area contributed by atoms with Crippen molar-refractivity contribution in [3.63, 3.8) is 0 Å². The third-order valence-electron chi connectivity index (χ3n) is 4.32. The number of fused-ring (bicyclic) bond motifs is 1. The van der Waals surface area contributed by atoms with Gasteiger partial charge in [-0.2, -0.15) is 0 Å². The van der Waals surface area contributed by atoms with E-state index in [1.807, 2.05) is 0 Å². The van der Waals surface area contributed by atoms with E-state index in [-0.39, 0.29) is 12.3 Å². The van der Waals surface area contributed by atoms with Gasteiger partial charge in [-0.25, -0.2) is 4.39 Å². The van der Waals surface area contributed by atoms with Crippen LogP contribution in [0.2, 0.25) is 0 Å². The molecule has 2 amide bonds. The van der Waals surface area contributed by atoms with Gasteiger partial charge >= 0.3 is 0 Å². The Labute approximate surface area is 143 Å². The molecule has 0 unspecified atom stereocenters. The molecule has 0 saturated carbocycles. The Hall–Kier alpha value is -2.21. The van der Waals surface area contributed by atoms with Crippen LogP contribution in [0.15, 0.2) is 24.3 Å². The van der Waals surface area contributed by atoms with Crippen LogP contribution in [0, 0.1) is 11.7 Å². The average molecular weight is 346 g/mol. The smallest absolute Gasteiger partial charge is 0.251 e. The van der Waals surface area contributed by atoms with Gasteiger partial charge in [0.1, 0.15) is 10.8 Å². The molecule has 1 heterocycles. The highest BCUT2D eigenvalue weighted by Crippen LogP contribution is 2.39. The molecule has 0 radical (unpaired) electrons. The third-order valence-corrected chi connectivity index (χ3v) is 5.49. The summed E-state index contributed by atoms with van der Waals surface area (Å²) in [5.41, 5.74) is 7.24. The van der Waals surface area contributed by atoms with Gasteiger partial charge in [0.15, 0.2) is 0 Å². The van der Waals surface area contributed by atoms with Crippen molar-refractivity contribution in [3.05, 3.63) is 51.7 Å². The van der Waals surface area contributed by atoms with Gasteiger partial charge in [0.25, 0.3) is 5.91 Å². The first-order valence-electron chi connectivity index (χ1n) is 7.93. The predicted octanol–water partition coefficient (Wildman–Crippen LogP) is 3.29. The maximum absolute atomic E-state index is 13.7. The lowest BCUT2D eigenvalue weighted by Gasteiger charge is -2.18. The van der Waals surface area contributed by atoms with Gasteiger partial charge < -0.3 is 11.1 Å². The molecule has 3 N–H and O–H groups in total. The summed E-state index contributed by atoms with van der Waals surface area (Å²) in [6.45, 7) is 2.17. The molecular formula is C18H19FN2O2S. The van der Waals surface area contributed by atoms with Gasteiger partial charge in [0, 0.05) is 4.88 Å². The topological polar surface area (TPSA) is 72.2 Å². The number of hydrogen-bond acceptors (Lipinski definition) is 3. The molecule has 1 aliphatic rings. The van der Waals surface area contributed by atoms with Crippen LogP contribution in [0.4, 0.5) is 9.39 Å². The Morgan fingerprint density at radius 2 is 2.12 bits per heavy atom. The van der Waals surface area contributed by atoms with E-state index >= 15 is 0 Å². The molecule has 1 atom stereocenters. The van der Waals surface area contributed by atoms with Gasteiger partial charge in [-0.05, 0) is 42.4 Å². The number of hydrogen-bond donors (Lipinski definition) is 2. The number of carbonyl (C=O) groups is 2. The van der Waals surface area contributed by atoms with E-state index in [1.165, 1.54) is 17.4 Å². The SMILES string of the molecule is C[C@H]1CCc2c(sc(NC(=O)Cc3ccccc3F)c2C(N)=O)C1. The zero-order valence-corrected chi connectivity index (χ0v) is 14.2. The van der Waals surface area contributed by atoms with Crippen molar-refractivity contribution >= 4 is 28.2 Å². The van der Waals surface area contributed by atoms with E-state index in [9.17, 15) is 14.0 Å². The summed E-state index contributed by atoms with van der Waals surface area (Å²) in [4.78, 5) is 25.2. The highest BCUT2D eigenvalue weighted by atomic mass is 32.1. The van der Waals surface area contributed by atoms with Crippen molar-refractivity contribution in [3.8, 4) is 0 Å². The lowest BCUT2D eigenvalue weighted by molar-refractivity contribution is -0.115. The normalized spacial score (nSPS) is 16.5. The second kappa shape index (κ2) is 6.73. The number of primary amides is 1. The first-order valence-corrected chi connectivity index (χ1v) is 8.75. The highest BCUT2D eigenvalue weighted by molar-refractivity contribution is 7.17. The van der Waals surface area contributed by atoms with Crippen LogP contribution in [-0.4, -0.2) is 11.8 Å². The van der Waals surface area contributed by atoms with E-state index in [4.69, 9.17) is 5.73 Å². The van der Waals surface area contributed by atoms with Crippen molar-refractivity contribution in [1.29, 1.82) is 0 Å². The van der Waals surface area contributed by atoms with Crippen molar-refractivity contribution in [2.45, 2.75) is 32.6 Å².